The van der Waals surface area contributed by atoms with Gasteiger partial charge in [0.25, 0.3) is 0 Å². The number of nitrogens with zero attached hydrogens (tertiary/aromatic N) is 1. The second-order valence-corrected chi connectivity index (χ2v) is 5.47. The van der Waals surface area contributed by atoms with Gasteiger partial charge >= 0.3 is 0 Å². The molecule has 0 bridgehead atoms. The Hall–Kier alpha value is -1.33. The Morgan fingerprint density at radius 3 is 2.47 bits per heavy atom. The van der Waals surface area contributed by atoms with Gasteiger partial charge in [-0.3, -0.25) is 0 Å². The molecule has 0 saturated heterocycles. The topological polar surface area (TPSA) is 24.9 Å². The van der Waals surface area contributed by atoms with E-state index in [4.69, 9.17) is 0 Å². The van der Waals surface area contributed by atoms with Crippen molar-refractivity contribution in [1.29, 1.82) is 0 Å². The summed E-state index contributed by atoms with van der Waals surface area (Å²) < 4.78 is 26.1. The average molecular weight is 282 g/mol. The first-order valence-electron chi connectivity index (χ1n) is 6.10. The molecule has 2 aromatic rings. The molecule has 0 radical (unpaired) electrons. The summed E-state index contributed by atoms with van der Waals surface area (Å²) in [6.45, 7) is 5.93. The highest BCUT2D eigenvalue weighted by Gasteiger charge is 2.15. The molecule has 0 amide bonds. The summed E-state index contributed by atoms with van der Waals surface area (Å²) in [5, 5.41) is 3.37. The summed E-state index contributed by atoms with van der Waals surface area (Å²) in [5.74, 6) is -1.63. The molecule has 102 valence electrons. The summed E-state index contributed by atoms with van der Waals surface area (Å²) in [4.78, 5) is 5.37. The van der Waals surface area contributed by atoms with E-state index in [-0.39, 0.29) is 12.1 Å². The fraction of sp³-hybridized carbons (Fsp3) is 0.357. The summed E-state index contributed by atoms with van der Waals surface area (Å²) in [6.07, 6.45) is 0. The summed E-state index contributed by atoms with van der Waals surface area (Å²) in [7, 11) is 0. The summed E-state index contributed by atoms with van der Waals surface area (Å²) in [5.41, 5.74) is 3.54. The van der Waals surface area contributed by atoms with Crippen LogP contribution in [0.4, 0.5) is 8.78 Å². The molecule has 2 atom stereocenters. The van der Waals surface area contributed by atoms with Gasteiger partial charge in [-0.15, -0.1) is 11.3 Å². The van der Waals surface area contributed by atoms with Crippen LogP contribution in [0, 0.1) is 18.6 Å². The van der Waals surface area contributed by atoms with Gasteiger partial charge in [0.1, 0.15) is 0 Å². The van der Waals surface area contributed by atoms with Crippen LogP contribution in [0.25, 0.3) is 0 Å². The summed E-state index contributed by atoms with van der Waals surface area (Å²) in [6, 6.07) is 4.05. The number of nitrogens with one attached hydrogen (secondary N) is 1. The van der Waals surface area contributed by atoms with Crippen molar-refractivity contribution >= 4 is 11.3 Å². The average Bonchev–Trinajstić information content (AvgIpc) is 2.79. The molecule has 0 fully saturated rings. The van der Waals surface area contributed by atoms with Crippen molar-refractivity contribution in [3.63, 3.8) is 0 Å². The molecule has 1 N–H and O–H groups in total. The zero-order chi connectivity index (χ0) is 14.0. The quantitative estimate of drug-likeness (QED) is 0.911. The van der Waals surface area contributed by atoms with Gasteiger partial charge in [-0.25, -0.2) is 13.8 Å². The van der Waals surface area contributed by atoms with Crippen LogP contribution in [-0.4, -0.2) is 4.98 Å². The molecular weight excluding hydrogens is 266 g/mol. The maximum absolute atomic E-state index is 13.2. The Morgan fingerprint density at radius 2 is 1.89 bits per heavy atom. The number of hydrogen-bond acceptors (Lipinski definition) is 3. The molecule has 0 aliphatic rings. The van der Waals surface area contributed by atoms with E-state index in [0.717, 1.165) is 22.2 Å². The van der Waals surface area contributed by atoms with Gasteiger partial charge in [-0.05, 0) is 38.5 Å². The Bertz CT molecular complexity index is 568. The molecule has 0 aliphatic carbocycles. The van der Waals surface area contributed by atoms with Gasteiger partial charge in [-0.2, -0.15) is 0 Å². The monoisotopic (exact) mass is 282 g/mol. The Balaban J connectivity index is 2.10. The van der Waals surface area contributed by atoms with Crippen molar-refractivity contribution in [3.05, 3.63) is 51.5 Å². The number of halogens is 2. The summed E-state index contributed by atoms with van der Waals surface area (Å²) >= 11 is 1.59. The van der Waals surface area contributed by atoms with Crippen molar-refractivity contribution in [3.8, 4) is 0 Å². The first kappa shape index (κ1) is 14.1. The lowest BCUT2D eigenvalue weighted by Crippen LogP contribution is -2.22. The lowest BCUT2D eigenvalue weighted by atomic mass is 10.1. The Kier molecular flexibility index (Phi) is 4.27. The number of aromatic nitrogens is 1. The maximum atomic E-state index is 13.2. The zero-order valence-electron chi connectivity index (χ0n) is 11.1. The third-order valence-electron chi connectivity index (χ3n) is 3.12. The highest BCUT2D eigenvalue weighted by atomic mass is 32.1. The molecular formula is C14H16F2N2S. The van der Waals surface area contributed by atoms with Crippen molar-refractivity contribution in [2.45, 2.75) is 32.9 Å². The van der Waals surface area contributed by atoms with Gasteiger partial charge < -0.3 is 5.32 Å². The molecule has 5 heteroatoms. The van der Waals surface area contributed by atoms with E-state index in [1.807, 2.05) is 26.3 Å². The highest BCUT2D eigenvalue weighted by Crippen LogP contribution is 2.25. The molecule has 2 rings (SSSR count). The van der Waals surface area contributed by atoms with E-state index in [0.29, 0.717) is 0 Å². The second-order valence-electron chi connectivity index (χ2n) is 4.59. The molecule has 1 aromatic carbocycles. The predicted octanol–water partition coefficient (Wildman–Crippen LogP) is 4.14. The lowest BCUT2D eigenvalue weighted by Gasteiger charge is -2.20. The smallest absolute Gasteiger partial charge is 0.159 e. The third kappa shape index (κ3) is 3.16. The molecule has 0 aliphatic heterocycles. The minimum atomic E-state index is -0.817. The van der Waals surface area contributed by atoms with E-state index < -0.39 is 11.6 Å². The molecule has 19 heavy (non-hydrogen) atoms. The van der Waals surface area contributed by atoms with Crippen molar-refractivity contribution in [2.75, 3.05) is 0 Å². The number of thiazole rings is 1. The van der Waals surface area contributed by atoms with E-state index in [2.05, 4.69) is 10.3 Å². The van der Waals surface area contributed by atoms with Gasteiger partial charge in [-0.1, -0.05) is 6.07 Å². The molecule has 2 nitrogen and oxygen atoms in total. The standard InChI is InChI=1S/C14H16F2N2S/c1-8(11-4-5-12(15)13(16)6-11)18-10(3)14-9(2)17-7-19-14/h4-8,10,18H,1-3H3. The van der Waals surface area contributed by atoms with Crippen LogP contribution in [0.5, 0.6) is 0 Å². The van der Waals surface area contributed by atoms with Crippen LogP contribution in [0.2, 0.25) is 0 Å². The minimum Gasteiger partial charge on any atom is -0.303 e. The molecule has 1 heterocycles. The van der Waals surface area contributed by atoms with Crippen molar-refractivity contribution in [1.82, 2.24) is 10.3 Å². The number of rotatable bonds is 4. The molecule has 2 unspecified atom stereocenters. The van der Waals surface area contributed by atoms with Gasteiger partial charge in [0.05, 0.1) is 11.2 Å². The van der Waals surface area contributed by atoms with Crippen LogP contribution >= 0.6 is 11.3 Å². The minimum absolute atomic E-state index is 0.0633. The van der Waals surface area contributed by atoms with Gasteiger partial charge in [0, 0.05) is 17.0 Å². The van der Waals surface area contributed by atoms with Crippen LogP contribution in [0.15, 0.2) is 23.7 Å². The number of hydrogen-bond donors (Lipinski definition) is 1. The maximum Gasteiger partial charge on any atom is 0.159 e. The lowest BCUT2D eigenvalue weighted by molar-refractivity contribution is 0.482. The Labute approximate surface area is 115 Å². The van der Waals surface area contributed by atoms with Crippen LogP contribution in [0.1, 0.15) is 42.1 Å². The van der Waals surface area contributed by atoms with E-state index >= 15 is 0 Å². The fourth-order valence-corrected chi connectivity index (χ4v) is 2.87. The van der Waals surface area contributed by atoms with E-state index in [1.165, 1.54) is 6.07 Å². The normalized spacial score (nSPS) is 14.4. The third-order valence-corrected chi connectivity index (χ3v) is 4.23. The first-order valence-corrected chi connectivity index (χ1v) is 6.98. The van der Waals surface area contributed by atoms with E-state index in [1.54, 1.807) is 17.4 Å². The second kappa shape index (κ2) is 5.75. The Morgan fingerprint density at radius 1 is 1.16 bits per heavy atom. The van der Waals surface area contributed by atoms with Crippen LogP contribution < -0.4 is 5.32 Å². The van der Waals surface area contributed by atoms with Gasteiger partial charge in [0.2, 0.25) is 0 Å². The SMILES string of the molecule is Cc1ncsc1C(C)NC(C)c1ccc(F)c(F)c1. The van der Waals surface area contributed by atoms with Crippen molar-refractivity contribution in [2.24, 2.45) is 0 Å². The molecule has 0 spiro atoms. The number of benzene rings is 1. The largest absolute Gasteiger partial charge is 0.303 e. The van der Waals surface area contributed by atoms with Gasteiger partial charge in [0.15, 0.2) is 11.6 Å². The molecule has 1 aromatic heterocycles. The van der Waals surface area contributed by atoms with Crippen LogP contribution in [0.3, 0.4) is 0 Å². The number of aryl methyl sites for hydroxylation is 1. The van der Waals surface area contributed by atoms with Crippen LogP contribution in [-0.2, 0) is 0 Å². The highest BCUT2D eigenvalue weighted by molar-refractivity contribution is 7.09. The fourth-order valence-electron chi connectivity index (χ4n) is 2.06. The van der Waals surface area contributed by atoms with E-state index in [9.17, 15) is 8.78 Å². The van der Waals surface area contributed by atoms with Crippen molar-refractivity contribution < 1.29 is 8.78 Å². The predicted molar refractivity (Wildman–Crippen MR) is 73.2 cm³/mol. The molecule has 0 saturated carbocycles. The zero-order valence-corrected chi connectivity index (χ0v) is 11.9. The first-order chi connectivity index (χ1) is 8.99.